The number of nitrogens with zero attached hydrogens (tertiary/aromatic N) is 3. The summed E-state index contributed by atoms with van der Waals surface area (Å²) in [6.45, 7) is 3.88. The Morgan fingerprint density at radius 1 is 1.10 bits per heavy atom. The number of allylic oxidation sites excluding steroid dienone is 1. The zero-order chi connectivity index (χ0) is 20.8. The lowest BCUT2D eigenvalue weighted by molar-refractivity contribution is -0.116. The number of nitrogens with one attached hydrogen (secondary N) is 1. The SMILES string of the molecule is Cc1cc(C)nc(N2NC3=C(C(=O)C[C@H](c4ccco4)C3)[C@@H]2c2cccc(Cl)c2)n1. The van der Waals surface area contributed by atoms with Crippen molar-refractivity contribution < 1.29 is 9.21 Å². The average molecular weight is 421 g/mol. The van der Waals surface area contributed by atoms with Crippen molar-refractivity contribution in [2.24, 2.45) is 0 Å². The van der Waals surface area contributed by atoms with Crippen LogP contribution < -0.4 is 10.4 Å². The van der Waals surface area contributed by atoms with Crippen LogP contribution in [0.1, 0.15) is 47.5 Å². The van der Waals surface area contributed by atoms with E-state index in [-0.39, 0.29) is 17.7 Å². The summed E-state index contributed by atoms with van der Waals surface area (Å²) in [6.07, 6.45) is 2.75. The van der Waals surface area contributed by atoms with Gasteiger partial charge in [0.05, 0.1) is 6.26 Å². The third-order valence-electron chi connectivity index (χ3n) is 5.59. The van der Waals surface area contributed by atoms with E-state index in [1.54, 1.807) is 6.26 Å². The van der Waals surface area contributed by atoms with Gasteiger partial charge in [0, 0.05) is 40.0 Å². The second-order valence-electron chi connectivity index (χ2n) is 7.83. The molecule has 0 unspecified atom stereocenters. The predicted molar refractivity (Wildman–Crippen MR) is 114 cm³/mol. The van der Waals surface area contributed by atoms with Crippen LogP contribution in [-0.4, -0.2) is 15.8 Å². The van der Waals surface area contributed by atoms with E-state index in [2.05, 4.69) is 15.4 Å². The van der Waals surface area contributed by atoms with Gasteiger partial charge in [-0.3, -0.25) is 10.2 Å². The highest BCUT2D eigenvalue weighted by Gasteiger charge is 2.43. The van der Waals surface area contributed by atoms with Crippen LogP contribution in [0.5, 0.6) is 0 Å². The summed E-state index contributed by atoms with van der Waals surface area (Å²) in [7, 11) is 0. The molecule has 1 N–H and O–H groups in total. The number of hydrogen-bond donors (Lipinski definition) is 1. The minimum atomic E-state index is -0.343. The number of hydrazine groups is 1. The predicted octanol–water partition coefficient (Wildman–Crippen LogP) is 4.81. The second kappa shape index (κ2) is 7.29. The normalized spacial score (nSPS) is 21.0. The van der Waals surface area contributed by atoms with Gasteiger partial charge in [-0.25, -0.2) is 15.0 Å². The van der Waals surface area contributed by atoms with Crippen molar-refractivity contribution in [2.75, 3.05) is 5.01 Å². The first-order valence-corrected chi connectivity index (χ1v) is 10.3. The van der Waals surface area contributed by atoms with E-state index >= 15 is 0 Å². The molecule has 5 rings (SSSR count). The van der Waals surface area contributed by atoms with E-state index in [0.29, 0.717) is 23.8 Å². The molecule has 152 valence electrons. The smallest absolute Gasteiger partial charge is 0.245 e. The van der Waals surface area contributed by atoms with Crippen LogP contribution in [0, 0.1) is 13.8 Å². The highest BCUT2D eigenvalue weighted by molar-refractivity contribution is 6.30. The van der Waals surface area contributed by atoms with E-state index in [1.165, 1.54) is 0 Å². The first kappa shape index (κ1) is 18.9. The van der Waals surface area contributed by atoms with Crippen molar-refractivity contribution in [3.05, 3.63) is 87.7 Å². The summed E-state index contributed by atoms with van der Waals surface area (Å²) in [6, 6.07) is 13.0. The molecule has 0 radical (unpaired) electrons. The van der Waals surface area contributed by atoms with Crippen molar-refractivity contribution in [1.29, 1.82) is 0 Å². The fraction of sp³-hybridized carbons (Fsp3) is 0.261. The molecule has 1 aromatic carbocycles. The maximum Gasteiger partial charge on any atom is 0.245 e. The van der Waals surface area contributed by atoms with Crippen molar-refractivity contribution >= 4 is 23.3 Å². The van der Waals surface area contributed by atoms with E-state index in [4.69, 9.17) is 16.0 Å². The van der Waals surface area contributed by atoms with Gasteiger partial charge in [-0.2, -0.15) is 0 Å². The molecule has 0 fully saturated rings. The van der Waals surface area contributed by atoms with Gasteiger partial charge in [0.15, 0.2) is 5.78 Å². The van der Waals surface area contributed by atoms with Crippen LogP contribution >= 0.6 is 11.6 Å². The van der Waals surface area contributed by atoms with Gasteiger partial charge in [0.2, 0.25) is 5.95 Å². The molecule has 3 aromatic rings. The van der Waals surface area contributed by atoms with Crippen molar-refractivity contribution in [1.82, 2.24) is 15.4 Å². The van der Waals surface area contributed by atoms with Gasteiger partial charge in [0.25, 0.3) is 0 Å². The summed E-state index contributed by atoms with van der Waals surface area (Å²) in [5, 5.41) is 2.51. The highest BCUT2D eigenvalue weighted by Crippen LogP contribution is 2.45. The van der Waals surface area contributed by atoms with Gasteiger partial charge in [-0.05, 0) is 56.2 Å². The van der Waals surface area contributed by atoms with Crippen molar-refractivity contribution in [3.63, 3.8) is 0 Å². The molecule has 0 bridgehead atoms. The Bertz CT molecular complexity index is 1140. The van der Waals surface area contributed by atoms with Crippen LogP contribution in [-0.2, 0) is 4.79 Å². The van der Waals surface area contributed by atoms with Gasteiger partial charge < -0.3 is 4.42 Å². The first-order valence-electron chi connectivity index (χ1n) is 9.93. The third kappa shape index (κ3) is 3.27. The van der Waals surface area contributed by atoms with Gasteiger partial charge in [-0.1, -0.05) is 23.7 Å². The largest absolute Gasteiger partial charge is 0.469 e. The number of Topliss-reactive ketones (excluding diaryl/α,β-unsaturated/α-hetero) is 1. The molecule has 0 spiro atoms. The Balaban J connectivity index is 1.60. The monoisotopic (exact) mass is 420 g/mol. The lowest BCUT2D eigenvalue weighted by Gasteiger charge is -2.27. The summed E-state index contributed by atoms with van der Waals surface area (Å²) in [5.74, 6) is 1.48. The number of halogens is 1. The fourth-order valence-electron chi connectivity index (χ4n) is 4.39. The molecule has 0 saturated carbocycles. The van der Waals surface area contributed by atoms with Crippen LogP contribution in [0.25, 0.3) is 0 Å². The molecule has 1 aliphatic carbocycles. The fourth-order valence-corrected chi connectivity index (χ4v) is 4.59. The Morgan fingerprint density at radius 3 is 2.60 bits per heavy atom. The zero-order valence-electron chi connectivity index (χ0n) is 16.7. The number of aromatic nitrogens is 2. The number of anilines is 1. The number of aryl methyl sites for hydroxylation is 2. The molecule has 3 heterocycles. The molecule has 6 nitrogen and oxygen atoms in total. The summed E-state index contributed by atoms with van der Waals surface area (Å²) < 4.78 is 5.58. The van der Waals surface area contributed by atoms with E-state index < -0.39 is 0 Å². The van der Waals surface area contributed by atoms with Crippen molar-refractivity contribution in [3.8, 4) is 0 Å². The summed E-state index contributed by atoms with van der Waals surface area (Å²) in [4.78, 5) is 22.6. The molecule has 0 saturated heterocycles. The van der Waals surface area contributed by atoms with E-state index in [0.717, 1.165) is 34.0 Å². The number of hydrogen-bond acceptors (Lipinski definition) is 6. The zero-order valence-corrected chi connectivity index (χ0v) is 17.5. The van der Waals surface area contributed by atoms with Gasteiger partial charge in [0.1, 0.15) is 11.8 Å². The molecule has 30 heavy (non-hydrogen) atoms. The molecule has 1 aliphatic heterocycles. The third-order valence-corrected chi connectivity index (χ3v) is 5.83. The number of benzene rings is 1. The lowest BCUT2D eigenvalue weighted by atomic mass is 9.81. The number of furan rings is 1. The Morgan fingerprint density at radius 2 is 1.90 bits per heavy atom. The minimum Gasteiger partial charge on any atom is -0.469 e. The summed E-state index contributed by atoms with van der Waals surface area (Å²) in [5.41, 5.74) is 7.74. The van der Waals surface area contributed by atoms with Gasteiger partial charge >= 0.3 is 0 Å². The highest BCUT2D eigenvalue weighted by atomic mass is 35.5. The van der Waals surface area contributed by atoms with Crippen LogP contribution in [0.4, 0.5) is 5.95 Å². The molecular weight excluding hydrogens is 400 g/mol. The Labute approximate surface area is 179 Å². The lowest BCUT2D eigenvalue weighted by Crippen LogP contribution is -2.36. The number of carbonyl (C=O) groups excluding carboxylic acids is 1. The van der Waals surface area contributed by atoms with Crippen LogP contribution in [0.3, 0.4) is 0 Å². The topological polar surface area (TPSA) is 71.3 Å². The maximum atomic E-state index is 13.3. The minimum absolute atomic E-state index is 0.0128. The van der Waals surface area contributed by atoms with E-state index in [1.807, 2.05) is 61.3 Å². The number of ketones is 1. The second-order valence-corrected chi connectivity index (χ2v) is 8.26. The molecule has 0 amide bonds. The molecule has 2 aromatic heterocycles. The molecular formula is C23H21ClN4O2. The molecule has 7 heteroatoms. The van der Waals surface area contributed by atoms with Crippen LogP contribution in [0.15, 0.2) is 64.4 Å². The number of rotatable bonds is 3. The van der Waals surface area contributed by atoms with Gasteiger partial charge in [-0.15, -0.1) is 0 Å². The Kier molecular flexibility index (Phi) is 4.59. The standard InChI is InChI=1S/C23H21ClN4O2/c1-13-9-14(2)26-23(25-13)28-22(15-5-3-6-17(24)10-15)21-18(27-28)11-16(12-19(21)29)20-7-4-8-30-20/h3-10,16,22,27H,11-12H2,1-2H3/t16-,22+/m1/s1. The first-order chi connectivity index (χ1) is 14.5. The number of carbonyl (C=O) groups is 1. The maximum absolute atomic E-state index is 13.3. The quantitative estimate of drug-likeness (QED) is 0.655. The van der Waals surface area contributed by atoms with Crippen molar-refractivity contribution in [2.45, 2.75) is 38.6 Å². The Hall–Kier alpha value is -3.12. The van der Waals surface area contributed by atoms with E-state index in [9.17, 15) is 4.79 Å². The molecule has 2 aliphatic rings. The average Bonchev–Trinajstić information content (AvgIpc) is 3.35. The molecule has 2 atom stereocenters. The van der Waals surface area contributed by atoms with Crippen LogP contribution in [0.2, 0.25) is 5.02 Å². The summed E-state index contributed by atoms with van der Waals surface area (Å²) >= 11 is 6.29.